The molecule has 2 fully saturated rings. The summed E-state index contributed by atoms with van der Waals surface area (Å²) in [7, 11) is 0. The summed E-state index contributed by atoms with van der Waals surface area (Å²) in [5.41, 5.74) is 0. The average Bonchev–Trinajstić information content (AvgIpc) is 2.42. The first-order chi connectivity index (χ1) is 5.70. The van der Waals surface area contributed by atoms with E-state index in [9.17, 15) is 4.79 Å². The van der Waals surface area contributed by atoms with Crippen LogP contribution in [0.25, 0.3) is 0 Å². The predicted octanol–water partition coefficient (Wildman–Crippen LogP) is 1.84. The lowest BCUT2D eigenvalue weighted by Gasteiger charge is -2.31. The Morgan fingerprint density at radius 2 is 2.00 bits per heavy atom. The van der Waals surface area contributed by atoms with Gasteiger partial charge in [0, 0.05) is 0 Å². The lowest BCUT2D eigenvalue weighted by atomic mass is 9.81. The van der Waals surface area contributed by atoms with Gasteiger partial charge in [-0.05, 0) is 30.6 Å². The Morgan fingerprint density at radius 1 is 1.25 bits per heavy atom. The van der Waals surface area contributed by atoms with Gasteiger partial charge in [0.25, 0.3) is 0 Å². The van der Waals surface area contributed by atoms with E-state index in [0.717, 1.165) is 0 Å². The summed E-state index contributed by atoms with van der Waals surface area (Å²) in [6.07, 6.45) is 2.43. The number of hydrogen-bond donors (Lipinski definition) is 0. The van der Waals surface area contributed by atoms with Crippen LogP contribution in [-0.4, -0.2) is 12.6 Å². The Labute approximate surface area is 73.3 Å². The fourth-order valence-corrected chi connectivity index (χ4v) is 2.72. The predicted molar refractivity (Wildman–Crippen MR) is 45.5 cm³/mol. The van der Waals surface area contributed by atoms with Gasteiger partial charge in [-0.1, -0.05) is 13.8 Å². The van der Waals surface area contributed by atoms with Gasteiger partial charge in [-0.15, -0.1) is 0 Å². The molecule has 12 heavy (non-hydrogen) atoms. The third kappa shape index (κ3) is 1.05. The summed E-state index contributed by atoms with van der Waals surface area (Å²) in [6, 6.07) is 0. The minimum absolute atomic E-state index is 0.0584. The quantitative estimate of drug-likeness (QED) is 0.516. The summed E-state index contributed by atoms with van der Waals surface area (Å²) >= 11 is 0. The molecule has 0 aromatic carbocycles. The zero-order valence-electron chi connectivity index (χ0n) is 7.75. The van der Waals surface area contributed by atoms with Crippen molar-refractivity contribution in [2.75, 3.05) is 6.61 Å². The number of carbonyl (C=O) groups is 1. The molecule has 1 aliphatic carbocycles. The van der Waals surface area contributed by atoms with Crippen molar-refractivity contribution >= 4 is 5.97 Å². The molecule has 4 atom stereocenters. The van der Waals surface area contributed by atoms with Gasteiger partial charge in [-0.2, -0.15) is 0 Å². The topological polar surface area (TPSA) is 26.3 Å². The minimum Gasteiger partial charge on any atom is -0.465 e. The Bertz CT molecular complexity index is 200. The number of fused-ring (bicyclic) bond motifs is 1. The number of rotatable bonds is 0. The monoisotopic (exact) mass is 168 g/mol. The molecule has 0 aromatic rings. The molecule has 2 aliphatic rings. The third-order valence-electron chi connectivity index (χ3n) is 3.52. The van der Waals surface area contributed by atoms with Crippen LogP contribution in [0.15, 0.2) is 0 Å². The summed E-state index contributed by atoms with van der Waals surface area (Å²) in [6.45, 7) is 5.01. The van der Waals surface area contributed by atoms with Crippen LogP contribution in [0.1, 0.15) is 26.7 Å². The van der Waals surface area contributed by atoms with E-state index in [-0.39, 0.29) is 11.9 Å². The van der Waals surface area contributed by atoms with Crippen LogP contribution < -0.4 is 0 Å². The van der Waals surface area contributed by atoms with Crippen LogP contribution in [-0.2, 0) is 9.53 Å². The highest BCUT2D eigenvalue weighted by Crippen LogP contribution is 2.44. The van der Waals surface area contributed by atoms with E-state index in [4.69, 9.17) is 4.74 Å². The average molecular weight is 168 g/mol. The number of ether oxygens (including phenoxy) is 1. The molecule has 2 heteroatoms. The highest BCUT2D eigenvalue weighted by Gasteiger charge is 2.45. The summed E-state index contributed by atoms with van der Waals surface area (Å²) in [5.74, 6) is 2.01. The van der Waals surface area contributed by atoms with Crippen molar-refractivity contribution in [1.29, 1.82) is 0 Å². The number of hydrogen-bond acceptors (Lipinski definition) is 2. The molecule has 2 nitrogen and oxygen atoms in total. The van der Waals surface area contributed by atoms with Gasteiger partial charge in [0.15, 0.2) is 0 Å². The van der Waals surface area contributed by atoms with E-state index >= 15 is 0 Å². The second-order valence-corrected chi connectivity index (χ2v) is 4.35. The molecule has 1 aliphatic heterocycles. The first-order valence-corrected chi connectivity index (χ1v) is 4.87. The Kier molecular flexibility index (Phi) is 1.85. The number of esters is 1. The van der Waals surface area contributed by atoms with E-state index in [2.05, 4.69) is 13.8 Å². The van der Waals surface area contributed by atoms with Gasteiger partial charge in [-0.3, -0.25) is 4.79 Å². The highest BCUT2D eigenvalue weighted by atomic mass is 16.5. The standard InChI is InChI=1S/C10H16O2/c1-6-3-4-8-7(2)5-12-10(11)9(6)8/h6-9H,3-5H2,1-2H3/t6-,7-,8?,9?/m0/s1. The van der Waals surface area contributed by atoms with Gasteiger partial charge in [0.1, 0.15) is 0 Å². The van der Waals surface area contributed by atoms with Crippen LogP contribution in [0.5, 0.6) is 0 Å². The van der Waals surface area contributed by atoms with E-state index in [1.807, 2.05) is 0 Å². The SMILES string of the molecule is C[C@H]1COC(=O)C2C1CC[C@@H]2C. The van der Waals surface area contributed by atoms with Crippen molar-refractivity contribution < 1.29 is 9.53 Å². The largest absolute Gasteiger partial charge is 0.465 e. The smallest absolute Gasteiger partial charge is 0.309 e. The molecule has 0 N–H and O–H groups in total. The second kappa shape index (κ2) is 2.75. The van der Waals surface area contributed by atoms with Gasteiger partial charge in [-0.25, -0.2) is 0 Å². The van der Waals surface area contributed by atoms with Crippen LogP contribution in [0.3, 0.4) is 0 Å². The van der Waals surface area contributed by atoms with Gasteiger partial charge >= 0.3 is 5.97 Å². The lowest BCUT2D eigenvalue weighted by Crippen LogP contribution is -2.37. The van der Waals surface area contributed by atoms with Crippen molar-refractivity contribution in [3.63, 3.8) is 0 Å². The summed E-state index contributed by atoms with van der Waals surface area (Å²) in [4.78, 5) is 11.4. The van der Waals surface area contributed by atoms with E-state index in [1.54, 1.807) is 0 Å². The van der Waals surface area contributed by atoms with Gasteiger partial charge in [0.2, 0.25) is 0 Å². The van der Waals surface area contributed by atoms with Crippen molar-refractivity contribution in [2.45, 2.75) is 26.7 Å². The van der Waals surface area contributed by atoms with Gasteiger partial charge in [0.05, 0.1) is 12.5 Å². The molecule has 2 unspecified atom stereocenters. The molecule has 0 amide bonds. The maximum absolute atomic E-state index is 11.4. The molecule has 1 saturated carbocycles. The summed E-state index contributed by atoms with van der Waals surface area (Å²) in [5, 5.41) is 0. The fourth-order valence-electron chi connectivity index (χ4n) is 2.72. The Hall–Kier alpha value is -0.530. The van der Waals surface area contributed by atoms with E-state index in [0.29, 0.717) is 24.4 Å². The van der Waals surface area contributed by atoms with Crippen LogP contribution in [0, 0.1) is 23.7 Å². The molecule has 2 rings (SSSR count). The summed E-state index contributed by atoms with van der Waals surface area (Å²) < 4.78 is 5.14. The number of cyclic esters (lactones) is 1. The number of carbonyl (C=O) groups excluding carboxylic acids is 1. The van der Waals surface area contributed by atoms with Crippen LogP contribution >= 0.6 is 0 Å². The van der Waals surface area contributed by atoms with Crippen LogP contribution in [0.4, 0.5) is 0 Å². The fraction of sp³-hybridized carbons (Fsp3) is 0.900. The molecule has 0 bridgehead atoms. The Morgan fingerprint density at radius 3 is 2.67 bits per heavy atom. The molecule has 1 saturated heterocycles. The van der Waals surface area contributed by atoms with E-state index in [1.165, 1.54) is 12.8 Å². The third-order valence-corrected chi connectivity index (χ3v) is 3.52. The molecule has 0 aromatic heterocycles. The van der Waals surface area contributed by atoms with E-state index < -0.39 is 0 Å². The highest BCUT2D eigenvalue weighted by molar-refractivity contribution is 5.74. The maximum Gasteiger partial charge on any atom is 0.309 e. The van der Waals surface area contributed by atoms with Gasteiger partial charge < -0.3 is 4.74 Å². The second-order valence-electron chi connectivity index (χ2n) is 4.35. The van der Waals surface area contributed by atoms with Crippen molar-refractivity contribution in [3.05, 3.63) is 0 Å². The molecule has 0 radical (unpaired) electrons. The maximum atomic E-state index is 11.4. The zero-order chi connectivity index (χ0) is 8.72. The zero-order valence-corrected chi connectivity index (χ0v) is 7.75. The Balaban J connectivity index is 2.18. The lowest BCUT2D eigenvalue weighted by molar-refractivity contribution is -0.160. The van der Waals surface area contributed by atoms with Crippen LogP contribution in [0.2, 0.25) is 0 Å². The molecular formula is C10H16O2. The molecular weight excluding hydrogens is 152 g/mol. The minimum atomic E-state index is 0.0584. The first kappa shape index (κ1) is 8.09. The molecule has 1 heterocycles. The molecule has 68 valence electrons. The van der Waals surface area contributed by atoms with Crippen molar-refractivity contribution in [1.82, 2.24) is 0 Å². The van der Waals surface area contributed by atoms with Crippen molar-refractivity contribution in [3.8, 4) is 0 Å². The van der Waals surface area contributed by atoms with Crippen molar-refractivity contribution in [2.24, 2.45) is 23.7 Å². The first-order valence-electron chi connectivity index (χ1n) is 4.87. The molecule has 0 spiro atoms. The normalized spacial score (nSPS) is 47.0.